The summed E-state index contributed by atoms with van der Waals surface area (Å²) in [4.78, 5) is 16.1. The minimum Gasteiger partial charge on any atom is -0.508 e. The van der Waals surface area contributed by atoms with E-state index in [0.29, 0.717) is 19.6 Å². The predicted octanol–water partition coefficient (Wildman–Crippen LogP) is 2.40. The molecule has 0 radical (unpaired) electrons. The smallest absolute Gasteiger partial charge is 0.407 e. The standard InChI is InChI=1S/C19H32N4O3/c1-5-20-17(22-13-14-23-18(25)26-19(2,3)4)21-12-6-7-15-8-10-16(24)11-9-15/h8-11,24H,5-7,12-14H2,1-4H3,(H,23,25)(H2,20,21,22). The monoisotopic (exact) mass is 364 g/mol. The summed E-state index contributed by atoms with van der Waals surface area (Å²) in [5, 5.41) is 18.3. The number of guanidine groups is 1. The largest absolute Gasteiger partial charge is 0.508 e. The highest BCUT2D eigenvalue weighted by Crippen LogP contribution is 2.11. The zero-order valence-electron chi connectivity index (χ0n) is 16.3. The summed E-state index contributed by atoms with van der Waals surface area (Å²) in [7, 11) is 0. The van der Waals surface area contributed by atoms with Crippen molar-refractivity contribution in [1.82, 2.24) is 16.0 Å². The first-order valence-electron chi connectivity index (χ1n) is 9.07. The first-order valence-corrected chi connectivity index (χ1v) is 9.07. The van der Waals surface area contributed by atoms with Crippen LogP contribution in [0.4, 0.5) is 4.79 Å². The quantitative estimate of drug-likeness (QED) is 0.323. The Kier molecular flexibility index (Phi) is 9.33. The molecule has 4 N–H and O–H groups in total. The summed E-state index contributed by atoms with van der Waals surface area (Å²) in [5.41, 5.74) is 0.684. The summed E-state index contributed by atoms with van der Waals surface area (Å²) >= 11 is 0. The Labute approximate surface area is 156 Å². The lowest BCUT2D eigenvalue weighted by molar-refractivity contribution is 0.0529. The summed E-state index contributed by atoms with van der Waals surface area (Å²) < 4.78 is 5.18. The van der Waals surface area contributed by atoms with Crippen LogP contribution in [0.1, 0.15) is 39.7 Å². The van der Waals surface area contributed by atoms with Crippen molar-refractivity contribution in [2.45, 2.75) is 46.1 Å². The molecule has 146 valence electrons. The maximum absolute atomic E-state index is 11.6. The van der Waals surface area contributed by atoms with Crippen molar-refractivity contribution in [3.8, 4) is 5.75 Å². The highest BCUT2D eigenvalue weighted by atomic mass is 16.6. The molecule has 26 heavy (non-hydrogen) atoms. The number of aromatic hydroxyl groups is 1. The molecule has 0 aliphatic rings. The van der Waals surface area contributed by atoms with E-state index in [-0.39, 0.29) is 5.75 Å². The zero-order valence-corrected chi connectivity index (χ0v) is 16.3. The number of carbonyl (C=O) groups excluding carboxylic acids is 1. The van der Waals surface area contributed by atoms with Gasteiger partial charge in [0.1, 0.15) is 11.4 Å². The van der Waals surface area contributed by atoms with Crippen molar-refractivity contribution in [3.63, 3.8) is 0 Å². The number of phenols is 1. The molecule has 0 aromatic heterocycles. The fourth-order valence-corrected chi connectivity index (χ4v) is 2.14. The van der Waals surface area contributed by atoms with Gasteiger partial charge in [-0.1, -0.05) is 12.1 Å². The molecule has 7 nitrogen and oxygen atoms in total. The molecule has 0 heterocycles. The lowest BCUT2D eigenvalue weighted by Gasteiger charge is -2.19. The van der Waals surface area contributed by atoms with Gasteiger partial charge >= 0.3 is 6.09 Å². The van der Waals surface area contributed by atoms with E-state index in [1.807, 2.05) is 39.8 Å². The number of hydrogen-bond donors (Lipinski definition) is 4. The number of hydrogen-bond acceptors (Lipinski definition) is 4. The molecule has 0 saturated carbocycles. The molecule has 7 heteroatoms. The molecule has 0 bridgehead atoms. The van der Waals surface area contributed by atoms with Gasteiger partial charge in [0, 0.05) is 26.2 Å². The molecule has 0 aliphatic carbocycles. The third-order valence-corrected chi connectivity index (χ3v) is 3.26. The highest BCUT2D eigenvalue weighted by molar-refractivity contribution is 5.79. The average Bonchev–Trinajstić information content (AvgIpc) is 2.55. The van der Waals surface area contributed by atoms with Crippen LogP contribution in [0.5, 0.6) is 5.75 Å². The van der Waals surface area contributed by atoms with Crippen molar-refractivity contribution < 1.29 is 14.6 Å². The molecule has 1 aromatic rings. The van der Waals surface area contributed by atoms with Crippen LogP contribution < -0.4 is 16.0 Å². The van der Waals surface area contributed by atoms with Gasteiger partial charge in [-0.15, -0.1) is 0 Å². The van der Waals surface area contributed by atoms with Crippen LogP contribution in [-0.4, -0.2) is 48.9 Å². The fourth-order valence-electron chi connectivity index (χ4n) is 2.14. The first kappa shape index (κ1) is 21.6. The topological polar surface area (TPSA) is 95.0 Å². The molecule has 0 atom stereocenters. The molecule has 0 unspecified atom stereocenters. The van der Waals surface area contributed by atoms with E-state index in [9.17, 15) is 9.90 Å². The maximum Gasteiger partial charge on any atom is 0.407 e. The Morgan fingerprint density at radius 3 is 2.38 bits per heavy atom. The third-order valence-electron chi connectivity index (χ3n) is 3.26. The number of nitrogens with zero attached hydrogens (tertiary/aromatic N) is 1. The molecule has 1 aromatic carbocycles. The van der Waals surface area contributed by atoms with E-state index in [4.69, 9.17) is 4.74 Å². The number of benzene rings is 1. The molecule has 0 spiro atoms. The lowest BCUT2D eigenvalue weighted by Crippen LogP contribution is -2.42. The fraction of sp³-hybridized carbons (Fsp3) is 0.579. The van der Waals surface area contributed by atoms with E-state index in [1.165, 1.54) is 5.56 Å². The second kappa shape index (κ2) is 11.2. The van der Waals surface area contributed by atoms with Crippen LogP contribution in [-0.2, 0) is 11.2 Å². The van der Waals surface area contributed by atoms with Crippen molar-refractivity contribution in [2.75, 3.05) is 26.2 Å². The molecular formula is C19H32N4O3. The number of aliphatic imine (C=N–C) groups is 1. The van der Waals surface area contributed by atoms with Crippen molar-refractivity contribution in [1.29, 1.82) is 0 Å². The number of nitrogens with one attached hydrogen (secondary N) is 3. The summed E-state index contributed by atoms with van der Waals surface area (Å²) in [6.07, 6.45) is 1.40. The maximum atomic E-state index is 11.6. The van der Waals surface area contributed by atoms with Crippen LogP contribution in [0.3, 0.4) is 0 Å². The van der Waals surface area contributed by atoms with Crippen molar-refractivity contribution in [2.24, 2.45) is 4.99 Å². The minimum absolute atomic E-state index is 0.283. The van der Waals surface area contributed by atoms with Crippen LogP contribution in [0.2, 0.25) is 0 Å². The van der Waals surface area contributed by atoms with E-state index < -0.39 is 11.7 Å². The zero-order chi connectivity index (χ0) is 19.4. The van der Waals surface area contributed by atoms with Crippen LogP contribution in [0.15, 0.2) is 29.3 Å². The summed E-state index contributed by atoms with van der Waals surface area (Å²) in [6.45, 7) is 9.97. The van der Waals surface area contributed by atoms with E-state index >= 15 is 0 Å². The Bertz CT molecular complexity index is 565. The van der Waals surface area contributed by atoms with Gasteiger partial charge in [-0.3, -0.25) is 4.99 Å². The van der Waals surface area contributed by atoms with Crippen LogP contribution in [0.25, 0.3) is 0 Å². The SMILES string of the molecule is CCNC(=NCCCc1ccc(O)cc1)NCCNC(=O)OC(C)(C)C. The molecule has 1 amide bonds. The number of amides is 1. The number of aryl methyl sites for hydroxylation is 1. The molecule has 0 aliphatic heterocycles. The molecular weight excluding hydrogens is 332 g/mol. The number of alkyl carbamates (subject to hydrolysis) is 1. The highest BCUT2D eigenvalue weighted by Gasteiger charge is 2.15. The minimum atomic E-state index is -0.495. The second-order valence-electron chi connectivity index (χ2n) is 6.89. The van der Waals surface area contributed by atoms with E-state index in [0.717, 1.165) is 25.3 Å². The van der Waals surface area contributed by atoms with Gasteiger partial charge in [0.25, 0.3) is 0 Å². The Morgan fingerprint density at radius 1 is 1.12 bits per heavy atom. The number of rotatable bonds is 8. The first-order chi connectivity index (χ1) is 12.3. The Hall–Kier alpha value is -2.44. The van der Waals surface area contributed by atoms with Gasteiger partial charge in [0.05, 0.1) is 0 Å². The van der Waals surface area contributed by atoms with Crippen molar-refractivity contribution >= 4 is 12.1 Å². The van der Waals surface area contributed by atoms with Gasteiger partial charge in [-0.05, 0) is 58.2 Å². The lowest BCUT2D eigenvalue weighted by atomic mass is 10.1. The number of carbonyl (C=O) groups is 1. The van der Waals surface area contributed by atoms with Gasteiger partial charge in [0.2, 0.25) is 0 Å². The Balaban J connectivity index is 2.27. The number of phenolic OH excluding ortho intramolecular Hbond substituents is 1. The van der Waals surface area contributed by atoms with E-state index in [1.54, 1.807) is 12.1 Å². The third kappa shape index (κ3) is 10.4. The van der Waals surface area contributed by atoms with Gasteiger partial charge < -0.3 is 25.8 Å². The molecule has 0 saturated heterocycles. The van der Waals surface area contributed by atoms with Crippen LogP contribution >= 0.6 is 0 Å². The van der Waals surface area contributed by atoms with E-state index in [2.05, 4.69) is 20.9 Å². The average molecular weight is 364 g/mol. The summed E-state index contributed by atoms with van der Waals surface area (Å²) in [6, 6.07) is 7.24. The van der Waals surface area contributed by atoms with Gasteiger partial charge in [-0.25, -0.2) is 4.79 Å². The molecule has 0 fully saturated rings. The normalized spacial score (nSPS) is 11.8. The molecule has 1 rings (SSSR count). The van der Waals surface area contributed by atoms with Crippen molar-refractivity contribution in [3.05, 3.63) is 29.8 Å². The predicted molar refractivity (Wildman–Crippen MR) is 105 cm³/mol. The number of ether oxygens (including phenoxy) is 1. The van der Waals surface area contributed by atoms with Gasteiger partial charge in [-0.2, -0.15) is 0 Å². The Morgan fingerprint density at radius 2 is 1.77 bits per heavy atom. The summed E-state index contributed by atoms with van der Waals surface area (Å²) in [5.74, 6) is 1.01. The van der Waals surface area contributed by atoms with Gasteiger partial charge in [0.15, 0.2) is 5.96 Å². The van der Waals surface area contributed by atoms with Crippen LogP contribution in [0, 0.1) is 0 Å². The second-order valence-corrected chi connectivity index (χ2v) is 6.89.